The van der Waals surface area contributed by atoms with Gasteiger partial charge in [-0.15, -0.1) is 0 Å². The summed E-state index contributed by atoms with van der Waals surface area (Å²) in [6.45, 7) is 0. The standard InChI is InChI=1S/C44H28O2/c1-2-12-27(13-3-1)41-31-15-4-6-17-33(31)42(34-18-7-5-16-32(34)41)36-24-23-29(44-43(36)35-19-9-11-21-39(35)46-44)28-22-25-40-37(26-28)30-14-8-10-20-38(30)45-40/h1-26,30,38H. The predicted octanol–water partition coefficient (Wildman–Crippen LogP) is 11.9. The van der Waals surface area contributed by atoms with Gasteiger partial charge in [0.25, 0.3) is 0 Å². The first-order chi connectivity index (χ1) is 22.8. The number of allylic oxidation sites excluding steroid dienone is 2. The van der Waals surface area contributed by atoms with Gasteiger partial charge in [-0.3, -0.25) is 0 Å². The molecule has 0 bridgehead atoms. The zero-order valence-electron chi connectivity index (χ0n) is 25.0. The zero-order valence-corrected chi connectivity index (χ0v) is 25.0. The van der Waals surface area contributed by atoms with Crippen LogP contribution < -0.4 is 4.74 Å². The highest BCUT2D eigenvalue weighted by Crippen LogP contribution is 2.49. The van der Waals surface area contributed by atoms with E-state index in [4.69, 9.17) is 9.15 Å². The van der Waals surface area contributed by atoms with Crippen molar-refractivity contribution in [3.8, 4) is 39.1 Å². The van der Waals surface area contributed by atoms with Gasteiger partial charge in [-0.1, -0.05) is 127 Å². The molecule has 2 nitrogen and oxygen atoms in total. The Bertz CT molecular complexity index is 2510. The van der Waals surface area contributed by atoms with E-state index in [1.54, 1.807) is 0 Å². The van der Waals surface area contributed by atoms with Gasteiger partial charge in [-0.05, 0) is 79.7 Å². The first-order valence-electron chi connectivity index (χ1n) is 15.9. The molecule has 2 unspecified atom stereocenters. The number of benzene rings is 7. The lowest BCUT2D eigenvalue weighted by molar-refractivity contribution is 0.269. The summed E-state index contributed by atoms with van der Waals surface area (Å²) in [5.41, 5.74) is 10.2. The summed E-state index contributed by atoms with van der Waals surface area (Å²) in [6.07, 6.45) is 8.65. The molecule has 0 radical (unpaired) electrons. The quantitative estimate of drug-likeness (QED) is 0.192. The number of rotatable bonds is 3. The van der Waals surface area contributed by atoms with Crippen molar-refractivity contribution >= 4 is 43.5 Å². The van der Waals surface area contributed by atoms with Crippen LogP contribution in [0.4, 0.5) is 0 Å². The van der Waals surface area contributed by atoms with E-state index in [0.29, 0.717) is 0 Å². The molecule has 0 saturated carbocycles. The van der Waals surface area contributed by atoms with Crippen LogP contribution in [0.15, 0.2) is 162 Å². The Morgan fingerprint density at radius 1 is 0.478 bits per heavy atom. The first-order valence-corrected chi connectivity index (χ1v) is 15.9. The Balaban J connectivity index is 1.28. The van der Waals surface area contributed by atoms with Crippen molar-refractivity contribution in [2.24, 2.45) is 0 Å². The third-order valence-corrected chi connectivity index (χ3v) is 9.82. The van der Waals surface area contributed by atoms with Gasteiger partial charge in [-0.25, -0.2) is 0 Å². The van der Waals surface area contributed by atoms with E-state index in [9.17, 15) is 0 Å². The van der Waals surface area contributed by atoms with Crippen LogP contribution in [-0.4, -0.2) is 6.10 Å². The molecular formula is C44H28O2. The van der Waals surface area contributed by atoms with Crippen molar-refractivity contribution in [2.75, 3.05) is 0 Å². The molecule has 10 rings (SSSR count). The molecule has 1 aromatic heterocycles. The molecule has 1 aliphatic carbocycles. The van der Waals surface area contributed by atoms with Crippen LogP contribution in [0.25, 0.3) is 76.9 Å². The second-order valence-corrected chi connectivity index (χ2v) is 12.3. The fourth-order valence-corrected chi connectivity index (χ4v) is 7.81. The summed E-state index contributed by atoms with van der Waals surface area (Å²) in [7, 11) is 0. The Morgan fingerprint density at radius 2 is 1.11 bits per heavy atom. The Labute approximate surface area is 266 Å². The Morgan fingerprint density at radius 3 is 1.87 bits per heavy atom. The minimum atomic E-state index is 0.0595. The molecule has 2 heteroatoms. The van der Waals surface area contributed by atoms with Crippen LogP contribution in [-0.2, 0) is 0 Å². The molecule has 8 aromatic rings. The predicted molar refractivity (Wildman–Crippen MR) is 190 cm³/mol. The van der Waals surface area contributed by atoms with E-state index in [2.05, 4.69) is 158 Å². The zero-order chi connectivity index (χ0) is 30.2. The second-order valence-electron chi connectivity index (χ2n) is 12.3. The van der Waals surface area contributed by atoms with E-state index in [0.717, 1.165) is 38.8 Å². The number of para-hydroxylation sites is 1. The molecule has 216 valence electrons. The summed E-state index contributed by atoms with van der Waals surface area (Å²) < 4.78 is 13.1. The highest BCUT2D eigenvalue weighted by Gasteiger charge is 2.32. The Kier molecular flexibility index (Phi) is 5.44. The SMILES string of the molecule is C1=CC2Oc3ccc(-c4ccc(-c5c6ccccc6c(-c6ccccc6)c6ccccc56)c5c4oc4ccccc45)cc3C2C=C1. The molecule has 7 aromatic carbocycles. The average Bonchev–Trinajstić information content (AvgIpc) is 3.69. The van der Waals surface area contributed by atoms with Crippen molar-refractivity contribution in [3.05, 3.63) is 163 Å². The van der Waals surface area contributed by atoms with Gasteiger partial charge >= 0.3 is 0 Å². The van der Waals surface area contributed by atoms with E-state index in [1.165, 1.54) is 49.4 Å². The summed E-state index contributed by atoms with van der Waals surface area (Å²) in [5, 5.41) is 7.23. The van der Waals surface area contributed by atoms with Crippen LogP contribution in [0.3, 0.4) is 0 Å². The smallest absolute Gasteiger partial charge is 0.143 e. The molecule has 46 heavy (non-hydrogen) atoms. The molecular weight excluding hydrogens is 560 g/mol. The third kappa shape index (κ3) is 3.64. The number of ether oxygens (including phenoxy) is 1. The molecule has 0 spiro atoms. The fraction of sp³-hybridized carbons (Fsp3) is 0.0455. The lowest BCUT2D eigenvalue weighted by Crippen LogP contribution is -2.15. The summed E-state index contributed by atoms with van der Waals surface area (Å²) in [6, 6.07) is 48.0. The molecule has 0 fully saturated rings. The minimum Gasteiger partial charge on any atom is -0.485 e. The topological polar surface area (TPSA) is 22.4 Å². The molecule has 0 amide bonds. The number of hydrogen-bond acceptors (Lipinski definition) is 2. The number of fused-ring (bicyclic) bond motifs is 8. The van der Waals surface area contributed by atoms with Gasteiger partial charge in [0.2, 0.25) is 0 Å². The number of furan rings is 1. The van der Waals surface area contributed by atoms with E-state index in [1.807, 2.05) is 0 Å². The maximum absolute atomic E-state index is 6.79. The average molecular weight is 589 g/mol. The third-order valence-electron chi connectivity index (χ3n) is 9.82. The monoisotopic (exact) mass is 588 g/mol. The molecule has 2 heterocycles. The van der Waals surface area contributed by atoms with Crippen molar-refractivity contribution in [1.29, 1.82) is 0 Å². The maximum Gasteiger partial charge on any atom is 0.143 e. The Hall–Kier alpha value is -5.86. The summed E-state index contributed by atoms with van der Waals surface area (Å²) in [5.74, 6) is 1.19. The van der Waals surface area contributed by atoms with Gasteiger partial charge in [-0.2, -0.15) is 0 Å². The molecule has 0 saturated heterocycles. The highest BCUT2D eigenvalue weighted by atomic mass is 16.5. The van der Waals surface area contributed by atoms with Crippen molar-refractivity contribution in [1.82, 2.24) is 0 Å². The van der Waals surface area contributed by atoms with Crippen LogP contribution in [0, 0.1) is 0 Å². The van der Waals surface area contributed by atoms with Gasteiger partial charge in [0.05, 0.1) is 0 Å². The summed E-state index contributed by atoms with van der Waals surface area (Å²) >= 11 is 0. The van der Waals surface area contributed by atoms with Gasteiger partial charge < -0.3 is 9.15 Å². The fourth-order valence-electron chi connectivity index (χ4n) is 7.81. The van der Waals surface area contributed by atoms with Gasteiger partial charge in [0.1, 0.15) is 23.0 Å². The van der Waals surface area contributed by atoms with Crippen LogP contribution in [0.5, 0.6) is 5.75 Å². The second kappa shape index (κ2) is 9.82. The number of hydrogen-bond donors (Lipinski definition) is 0. The first kappa shape index (κ1) is 25.5. The molecule has 0 N–H and O–H groups in total. The largest absolute Gasteiger partial charge is 0.485 e. The lowest BCUT2D eigenvalue weighted by atomic mass is 9.84. The van der Waals surface area contributed by atoms with Crippen molar-refractivity contribution < 1.29 is 9.15 Å². The van der Waals surface area contributed by atoms with Crippen molar-refractivity contribution in [3.63, 3.8) is 0 Å². The van der Waals surface area contributed by atoms with Crippen LogP contribution in [0.2, 0.25) is 0 Å². The lowest BCUT2D eigenvalue weighted by Gasteiger charge is -2.18. The van der Waals surface area contributed by atoms with Crippen LogP contribution in [0.1, 0.15) is 11.5 Å². The van der Waals surface area contributed by atoms with Crippen molar-refractivity contribution in [2.45, 2.75) is 12.0 Å². The van der Waals surface area contributed by atoms with E-state index in [-0.39, 0.29) is 12.0 Å². The molecule has 1 aliphatic heterocycles. The molecule has 2 atom stereocenters. The van der Waals surface area contributed by atoms with Gasteiger partial charge in [0, 0.05) is 27.8 Å². The summed E-state index contributed by atoms with van der Waals surface area (Å²) in [4.78, 5) is 0. The highest BCUT2D eigenvalue weighted by molar-refractivity contribution is 6.26. The maximum atomic E-state index is 6.79. The minimum absolute atomic E-state index is 0.0595. The van der Waals surface area contributed by atoms with E-state index < -0.39 is 0 Å². The normalized spacial score (nSPS) is 16.7. The van der Waals surface area contributed by atoms with Gasteiger partial charge in [0.15, 0.2) is 0 Å². The molecule has 2 aliphatic rings. The van der Waals surface area contributed by atoms with E-state index >= 15 is 0 Å². The van der Waals surface area contributed by atoms with Crippen LogP contribution >= 0.6 is 0 Å².